The molecule has 1 atom stereocenters. The summed E-state index contributed by atoms with van der Waals surface area (Å²) < 4.78 is 5.61. The zero-order chi connectivity index (χ0) is 23.2. The van der Waals surface area contributed by atoms with Crippen molar-refractivity contribution in [3.05, 3.63) is 71.3 Å². The molecule has 172 valence electrons. The molecular formula is C25H32N2O5. The molecule has 0 aromatic heterocycles. The fourth-order valence-corrected chi connectivity index (χ4v) is 3.16. The van der Waals surface area contributed by atoms with Gasteiger partial charge in [-0.2, -0.15) is 0 Å². The number of carboxylic acids is 1. The van der Waals surface area contributed by atoms with Crippen molar-refractivity contribution in [1.29, 1.82) is 0 Å². The van der Waals surface area contributed by atoms with Crippen LogP contribution >= 0.6 is 0 Å². The summed E-state index contributed by atoms with van der Waals surface area (Å²) in [4.78, 5) is 35.9. The highest BCUT2D eigenvalue weighted by atomic mass is 16.5. The lowest BCUT2D eigenvalue weighted by molar-refractivity contribution is -0.138. The molecule has 0 aliphatic carbocycles. The van der Waals surface area contributed by atoms with Crippen molar-refractivity contribution >= 4 is 17.8 Å². The van der Waals surface area contributed by atoms with Gasteiger partial charge in [0.25, 0.3) is 5.91 Å². The first kappa shape index (κ1) is 25.1. The third kappa shape index (κ3) is 9.31. The maximum absolute atomic E-state index is 12.7. The van der Waals surface area contributed by atoms with Crippen molar-refractivity contribution in [3.8, 4) is 0 Å². The Morgan fingerprint density at radius 1 is 0.938 bits per heavy atom. The fraction of sp³-hybridized carbons (Fsp3) is 0.400. The number of carboxylic acid groups (broad SMARTS) is 1. The first-order valence-corrected chi connectivity index (χ1v) is 11.0. The van der Waals surface area contributed by atoms with E-state index in [0.717, 1.165) is 18.4 Å². The topological polar surface area (TPSA) is 105 Å². The molecule has 0 saturated heterocycles. The number of nitrogens with one attached hydrogen (secondary N) is 2. The minimum atomic E-state index is -1.16. The van der Waals surface area contributed by atoms with Gasteiger partial charge < -0.3 is 20.5 Å². The van der Waals surface area contributed by atoms with Crippen molar-refractivity contribution in [2.45, 2.75) is 51.7 Å². The molecular weight excluding hydrogens is 408 g/mol. The Kier molecular flexibility index (Phi) is 11.0. The molecule has 2 amide bonds. The van der Waals surface area contributed by atoms with Crippen molar-refractivity contribution in [2.75, 3.05) is 13.2 Å². The number of hydrogen-bond acceptors (Lipinski definition) is 4. The van der Waals surface area contributed by atoms with Gasteiger partial charge in [-0.25, -0.2) is 0 Å². The molecule has 7 nitrogen and oxygen atoms in total. The number of hydrogen-bond donors (Lipinski definition) is 3. The first-order valence-electron chi connectivity index (χ1n) is 11.0. The van der Waals surface area contributed by atoms with Gasteiger partial charge in [0.05, 0.1) is 13.2 Å². The second-order valence-electron chi connectivity index (χ2n) is 7.65. The molecule has 2 aromatic rings. The van der Waals surface area contributed by atoms with E-state index in [4.69, 9.17) is 9.84 Å². The van der Waals surface area contributed by atoms with Crippen LogP contribution in [0, 0.1) is 0 Å². The summed E-state index contributed by atoms with van der Waals surface area (Å²) in [6.07, 6.45) is 5.68. The van der Waals surface area contributed by atoms with Gasteiger partial charge in [-0.3, -0.25) is 14.4 Å². The van der Waals surface area contributed by atoms with Gasteiger partial charge in [0.15, 0.2) is 0 Å². The maximum atomic E-state index is 12.7. The highest BCUT2D eigenvalue weighted by Gasteiger charge is 2.22. The summed E-state index contributed by atoms with van der Waals surface area (Å²) in [6.45, 7) is 1.83. The van der Waals surface area contributed by atoms with E-state index < -0.39 is 30.4 Å². The van der Waals surface area contributed by atoms with Crippen molar-refractivity contribution < 1.29 is 24.2 Å². The Morgan fingerprint density at radius 2 is 1.66 bits per heavy atom. The molecule has 0 fully saturated rings. The van der Waals surface area contributed by atoms with E-state index in [-0.39, 0.29) is 13.2 Å². The van der Waals surface area contributed by atoms with E-state index in [1.165, 1.54) is 24.8 Å². The number of benzene rings is 2. The number of rotatable bonds is 14. The number of aryl methyl sites for hydroxylation is 1. The van der Waals surface area contributed by atoms with Crippen LogP contribution in [0.1, 0.15) is 54.1 Å². The van der Waals surface area contributed by atoms with Crippen LogP contribution in [0.25, 0.3) is 0 Å². The molecule has 3 N–H and O–H groups in total. The van der Waals surface area contributed by atoms with Crippen molar-refractivity contribution in [2.24, 2.45) is 0 Å². The number of aliphatic carboxylic acids is 1. The maximum Gasteiger partial charge on any atom is 0.322 e. The molecule has 2 aromatic carbocycles. The summed E-state index contributed by atoms with van der Waals surface area (Å²) >= 11 is 0. The zero-order valence-electron chi connectivity index (χ0n) is 18.5. The Labute approximate surface area is 189 Å². The van der Waals surface area contributed by atoms with Gasteiger partial charge in [0.1, 0.15) is 12.6 Å². The van der Waals surface area contributed by atoms with Crippen LogP contribution in [0.3, 0.4) is 0 Å². The summed E-state index contributed by atoms with van der Waals surface area (Å²) in [5, 5.41) is 13.8. The van der Waals surface area contributed by atoms with Crippen LogP contribution in [0.5, 0.6) is 0 Å². The lowest BCUT2D eigenvalue weighted by Crippen LogP contribution is -2.50. The summed E-state index contributed by atoms with van der Waals surface area (Å²) in [5.74, 6) is -2.19. The van der Waals surface area contributed by atoms with Crippen molar-refractivity contribution in [1.82, 2.24) is 10.6 Å². The molecule has 0 spiro atoms. The normalized spacial score (nSPS) is 11.5. The monoisotopic (exact) mass is 440 g/mol. The Bertz CT molecular complexity index is 852. The predicted octanol–water partition coefficient (Wildman–Crippen LogP) is 3.33. The standard InChI is InChI=1S/C25H32N2O5/c1-2-3-4-6-9-19-12-14-21(15-13-19)24(30)27-22(25(31)26-16-23(28)29)18-32-17-20-10-7-5-8-11-20/h5,7-8,10-15,22H,2-4,6,9,16-18H2,1H3,(H,26,31)(H,27,30)(H,28,29). The largest absolute Gasteiger partial charge is 0.480 e. The van der Waals surface area contributed by atoms with Gasteiger partial charge in [-0.15, -0.1) is 0 Å². The Morgan fingerprint density at radius 3 is 2.31 bits per heavy atom. The van der Waals surface area contributed by atoms with Gasteiger partial charge in [0.2, 0.25) is 5.91 Å². The van der Waals surface area contributed by atoms with Gasteiger partial charge in [0, 0.05) is 5.56 Å². The second-order valence-corrected chi connectivity index (χ2v) is 7.65. The Balaban J connectivity index is 1.94. The van der Waals surface area contributed by atoms with E-state index in [1.807, 2.05) is 42.5 Å². The quantitative estimate of drug-likeness (QED) is 0.391. The molecule has 0 radical (unpaired) electrons. The lowest BCUT2D eigenvalue weighted by Gasteiger charge is -2.18. The molecule has 32 heavy (non-hydrogen) atoms. The molecule has 0 bridgehead atoms. The summed E-state index contributed by atoms with van der Waals surface area (Å²) in [7, 11) is 0. The molecule has 7 heteroatoms. The number of unbranched alkanes of at least 4 members (excludes halogenated alkanes) is 3. The number of amides is 2. The van der Waals surface area contributed by atoms with Crippen LogP contribution in [0.2, 0.25) is 0 Å². The Hall–Kier alpha value is -3.19. The smallest absolute Gasteiger partial charge is 0.322 e. The number of carbonyl (C=O) groups is 3. The number of ether oxygens (including phenoxy) is 1. The van der Waals surface area contributed by atoms with Crippen molar-refractivity contribution in [3.63, 3.8) is 0 Å². The zero-order valence-corrected chi connectivity index (χ0v) is 18.5. The summed E-state index contributed by atoms with van der Waals surface area (Å²) in [5.41, 5.74) is 2.53. The first-order chi connectivity index (χ1) is 15.5. The SMILES string of the molecule is CCCCCCc1ccc(C(=O)NC(COCc2ccccc2)C(=O)NCC(=O)O)cc1. The van der Waals surface area contributed by atoms with Crippen LogP contribution in [-0.4, -0.2) is 42.1 Å². The molecule has 0 saturated carbocycles. The summed E-state index contributed by atoms with van der Waals surface area (Å²) in [6, 6.07) is 15.7. The average molecular weight is 441 g/mol. The molecule has 1 unspecified atom stereocenters. The highest BCUT2D eigenvalue weighted by Crippen LogP contribution is 2.10. The third-order valence-corrected chi connectivity index (χ3v) is 4.97. The van der Waals surface area contributed by atoms with E-state index in [9.17, 15) is 14.4 Å². The minimum Gasteiger partial charge on any atom is -0.480 e. The van der Waals surface area contributed by atoms with Crippen LogP contribution < -0.4 is 10.6 Å². The van der Waals surface area contributed by atoms with E-state index in [0.29, 0.717) is 5.56 Å². The molecule has 0 heterocycles. The van der Waals surface area contributed by atoms with E-state index in [2.05, 4.69) is 17.6 Å². The van der Waals surface area contributed by atoms with Gasteiger partial charge in [-0.05, 0) is 36.1 Å². The minimum absolute atomic E-state index is 0.0817. The molecule has 0 aliphatic rings. The van der Waals surface area contributed by atoms with Crippen LogP contribution in [0.4, 0.5) is 0 Å². The van der Waals surface area contributed by atoms with Crippen LogP contribution in [-0.2, 0) is 27.4 Å². The second kappa shape index (κ2) is 14.0. The number of carbonyl (C=O) groups excluding carboxylic acids is 2. The molecule has 2 rings (SSSR count). The predicted molar refractivity (Wildman–Crippen MR) is 122 cm³/mol. The third-order valence-electron chi connectivity index (χ3n) is 4.97. The van der Waals surface area contributed by atoms with Gasteiger partial charge >= 0.3 is 5.97 Å². The fourth-order valence-electron chi connectivity index (χ4n) is 3.16. The van der Waals surface area contributed by atoms with Gasteiger partial charge in [-0.1, -0.05) is 68.7 Å². The highest BCUT2D eigenvalue weighted by molar-refractivity contribution is 5.98. The molecule has 0 aliphatic heterocycles. The van der Waals surface area contributed by atoms with E-state index >= 15 is 0 Å². The van der Waals surface area contributed by atoms with E-state index in [1.54, 1.807) is 12.1 Å². The lowest BCUT2D eigenvalue weighted by atomic mass is 10.0. The van der Waals surface area contributed by atoms with Crippen LogP contribution in [0.15, 0.2) is 54.6 Å². The average Bonchev–Trinajstić information content (AvgIpc) is 2.80.